The molecule has 1 amide bonds. The second-order valence-corrected chi connectivity index (χ2v) is 6.71. The summed E-state index contributed by atoms with van der Waals surface area (Å²) in [7, 11) is 3.76. The van der Waals surface area contributed by atoms with E-state index in [1.54, 1.807) is 30.1 Å². The van der Waals surface area contributed by atoms with Crippen LogP contribution in [0, 0.1) is 11.7 Å². The van der Waals surface area contributed by atoms with Crippen LogP contribution in [0.3, 0.4) is 0 Å². The summed E-state index contributed by atoms with van der Waals surface area (Å²) in [6, 6.07) is 6.31. The SMILES string of the molecule is CNCCC1CCN(CC(=O)N(C)CCOc2ccccc2F)CC1. The van der Waals surface area contributed by atoms with Gasteiger partial charge in [-0.15, -0.1) is 0 Å². The van der Waals surface area contributed by atoms with Crippen molar-refractivity contribution >= 4 is 5.91 Å². The first-order chi connectivity index (χ1) is 12.1. The highest BCUT2D eigenvalue weighted by Gasteiger charge is 2.21. The Bertz CT molecular complexity index is 533. The van der Waals surface area contributed by atoms with Crippen LogP contribution >= 0.6 is 0 Å². The summed E-state index contributed by atoms with van der Waals surface area (Å²) in [6.45, 7) is 4.23. The van der Waals surface area contributed by atoms with Crippen molar-refractivity contribution in [3.8, 4) is 5.75 Å². The van der Waals surface area contributed by atoms with Gasteiger partial charge in [0.15, 0.2) is 11.6 Å². The van der Waals surface area contributed by atoms with Crippen molar-refractivity contribution in [3.63, 3.8) is 0 Å². The van der Waals surface area contributed by atoms with Crippen LogP contribution in [0.4, 0.5) is 4.39 Å². The Morgan fingerprint density at radius 2 is 2.08 bits per heavy atom. The number of carbonyl (C=O) groups excluding carboxylic acids is 1. The summed E-state index contributed by atoms with van der Waals surface area (Å²) in [5.41, 5.74) is 0. The molecule has 6 heteroatoms. The quantitative estimate of drug-likeness (QED) is 0.739. The fourth-order valence-corrected chi connectivity index (χ4v) is 3.07. The van der Waals surface area contributed by atoms with Crippen molar-refractivity contribution in [2.75, 3.05) is 53.4 Å². The third kappa shape index (κ3) is 6.63. The Morgan fingerprint density at radius 3 is 2.76 bits per heavy atom. The van der Waals surface area contributed by atoms with Crippen LogP contribution in [-0.4, -0.2) is 69.1 Å². The fourth-order valence-electron chi connectivity index (χ4n) is 3.07. The second-order valence-electron chi connectivity index (χ2n) is 6.71. The van der Waals surface area contributed by atoms with Gasteiger partial charge in [-0.2, -0.15) is 0 Å². The van der Waals surface area contributed by atoms with E-state index in [1.807, 2.05) is 7.05 Å². The van der Waals surface area contributed by atoms with Crippen LogP contribution in [0.15, 0.2) is 24.3 Å². The number of halogens is 1. The van der Waals surface area contributed by atoms with E-state index >= 15 is 0 Å². The van der Waals surface area contributed by atoms with Gasteiger partial charge in [0.05, 0.1) is 13.1 Å². The topological polar surface area (TPSA) is 44.8 Å². The number of amides is 1. The van der Waals surface area contributed by atoms with Crippen molar-refractivity contribution in [1.29, 1.82) is 0 Å². The number of carbonyl (C=O) groups is 1. The zero-order chi connectivity index (χ0) is 18.1. The normalized spacial score (nSPS) is 16.0. The lowest BCUT2D eigenvalue weighted by Crippen LogP contribution is -2.43. The lowest BCUT2D eigenvalue weighted by atomic mass is 9.93. The second kappa shape index (κ2) is 10.4. The van der Waals surface area contributed by atoms with E-state index in [0.717, 1.165) is 38.4 Å². The Balaban J connectivity index is 1.64. The van der Waals surface area contributed by atoms with Crippen LogP contribution < -0.4 is 10.1 Å². The molecule has 0 atom stereocenters. The summed E-state index contributed by atoms with van der Waals surface area (Å²) in [5.74, 6) is 0.709. The molecule has 1 fully saturated rings. The van der Waals surface area contributed by atoms with E-state index in [9.17, 15) is 9.18 Å². The minimum atomic E-state index is -0.377. The van der Waals surface area contributed by atoms with Gasteiger partial charge in [-0.3, -0.25) is 9.69 Å². The standard InChI is InChI=1S/C19H30FN3O2/c1-21-10-7-16-8-11-23(12-9-16)15-19(24)22(2)13-14-25-18-6-4-3-5-17(18)20/h3-6,16,21H,7-15H2,1-2H3. The predicted octanol–water partition coefficient (Wildman–Crippen LogP) is 1.98. The summed E-state index contributed by atoms with van der Waals surface area (Å²) in [6.07, 6.45) is 3.54. The zero-order valence-corrected chi connectivity index (χ0v) is 15.3. The molecule has 0 aromatic heterocycles. The fraction of sp³-hybridized carbons (Fsp3) is 0.632. The monoisotopic (exact) mass is 351 g/mol. The van der Waals surface area contributed by atoms with Crippen LogP contribution in [0.1, 0.15) is 19.3 Å². The Morgan fingerprint density at radius 1 is 1.36 bits per heavy atom. The van der Waals surface area contributed by atoms with E-state index in [-0.39, 0.29) is 24.1 Å². The molecule has 1 aromatic carbocycles. The number of nitrogens with one attached hydrogen (secondary N) is 1. The van der Waals surface area contributed by atoms with Gasteiger partial charge in [0.2, 0.25) is 5.91 Å². The molecule has 2 rings (SSSR count). The van der Waals surface area contributed by atoms with Gasteiger partial charge in [-0.25, -0.2) is 4.39 Å². The third-order valence-electron chi connectivity index (χ3n) is 4.82. The van der Waals surface area contributed by atoms with Crippen molar-refractivity contribution in [3.05, 3.63) is 30.1 Å². The summed E-state index contributed by atoms with van der Waals surface area (Å²) >= 11 is 0. The molecule has 1 heterocycles. The number of para-hydroxylation sites is 1. The van der Waals surface area contributed by atoms with E-state index in [2.05, 4.69) is 10.2 Å². The molecule has 0 radical (unpaired) electrons. The Labute approximate surface area is 150 Å². The molecular weight excluding hydrogens is 321 g/mol. The maximum Gasteiger partial charge on any atom is 0.236 e. The molecule has 25 heavy (non-hydrogen) atoms. The van der Waals surface area contributed by atoms with Gasteiger partial charge in [-0.1, -0.05) is 12.1 Å². The minimum absolute atomic E-state index is 0.0887. The van der Waals surface area contributed by atoms with E-state index in [1.165, 1.54) is 12.5 Å². The van der Waals surface area contributed by atoms with Crippen LogP contribution in [-0.2, 0) is 4.79 Å². The van der Waals surface area contributed by atoms with Gasteiger partial charge in [0.25, 0.3) is 0 Å². The molecule has 0 bridgehead atoms. The number of benzene rings is 1. The van der Waals surface area contributed by atoms with Gasteiger partial charge < -0.3 is 15.0 Å². The molecule has 1 aliphatic heterocycles. The number of hydrogen-bond donors (Lipinski definition) is 1. The highest BCUT2D eigenvalue weighted by Crippen LogP contribution is 2.20. The van der Waals surface area contributed by atoms with Gasteiger partial charge in [0, 0.05) is 7.05 Å². The molecule has 1 N–H and O–H groups in total. The number of hydrogen-bond acceptors (Lipinski definition) is 4. The maximum absolute atomic E-state index is 13.5. The molecule has 140 valence electrons. The van der Waals surface area contributed by atoms with E-state index in [0.29, 0.717) is 13.1 Å². The number of ether oxygens (including phenoxy) is 1. The summed E-state index contributed by atoms with van der Waals surface area (Å²) in [5, 5.41) is 3.20. The largest absolute Gasteiger partial charge is 0.489 e. The summed E-state index contributed by atoms with van der Waals surface area (Å²) < 4.78 is 18.9. The lowest BCUT2D eigenvalue weighted by Gasteiger charge is -2.32. The molecule has 5 nitrogen and oxygen atoms in total. The first-order valence-corrected chi connectivity index (χ1v) is 9.08. The predicted molar refractivity (Wildman–Crippen MR) is 97.2 cm³/mol. The molecule has 0 spiro atoms. The molecule has 1 saturated heterocycles. The van der Waals surface area contributed by atoms with E-state index in [4.69, 9.17) is 4.74 Å². The molecular formula is C19H30FN3O2. The van der Waals surface area contributed by atoms with Crippen LogP contribution in [0.5, 0.6) is 5.75 Å². The van der Waals surface area contributed by atoms with Gasteiger partial charge in [0.1, 0.15) is 6.61 Å². The van der Waals surface area contributed by atoms with Crippen molar-refractivity contribution in [1.82, 2.24) is 15.1 Å². The number of piperidine rings is 1. The van der Waals surface area contributed by atoms with Crippen molar-refractivity contribution < 1.29 is 13.9 Å². The van der Waals surface area contributed by atoms with Gasteiger partial charge in [-0.05, 0) is 64.0 Å². The molecule has 0 saturated carbocycles. The zero-order valence-electron chi connectivity index (χ0n) is 15.3. The number of likely N-dealkylation sites (N-methyl/N-ethyl adjacent to an activating group) is 1. The number of rotatable bonds is 9. The maximum atomic E-state index is 13.5. The van der Waals surface area contributed by atoms with Crippen LogP contribution in [0.2, 0.25) is 0 Å². The average Bonchev–Trinajstić information content (AvgIpc) is 2.62. The highest BCUT2D eigenvalue weighted by molar-refractivity contribution is 5.78. The first kappa shape index (κ1) is 19.7. The van der Waals surface area contributed by atoms with Gasteiger partial charge >= 0.3 is 0 Å². The first-order valence-electron chi connectivity index (χ1n) is 9.08. The lowest BCUT2D eigenvalue weighted by molar-refractivity contribution is -0.131. The average molecular weight is 351 g/mol. The van der Waals surface area contributed by atoms with E-state index < -0.39 is 0 Å². The summed E-state index contributed by atoms with van der Waals surface area (Å²) in [4.78, 5) is 16.2. The Hall–Kier alpha value is -1.66. The van der Waals surface area contributed by atoms with Crippen molar-refractivity contribution in [2.45, 2.75) is 19.3 Å². The molecule has 1 aromatic rings. The van der Waals surface area contributed by atoms with Crippen LogP contribution in [0.25, 0.3) is 0 Å². The third-order valence-corrected chi connectivity index (χ3v) is 4.82. The highest BCUT2D eigenvalue weighted by atomic mass is 19.1. The molecule has 0 unspecified atom stereocenters. The minimum Gasteiger partial charge on any atom is -0.489 e. The number of nitrogens with zero attached hydrogens (tertiary/aromatic N) is 2. The van der Waals surface area contributed by atoms with Crippen molar-refractivity contribution in [2.24, 2.45) is 5.92 Å². The number of likely N-dealkylation sites (tertiary alicyclic amines) is 1. The Kier molecular flexibility index (Phi) is 8.15. The smallest absolute Gasteiger partial charge is 0.236 e. The molecule has 1 aliphatic rings. The molecule has 0 aliphatic carbocycles.